The number of hydrogen-bond acceptors (Lipinski definition) is 4. The van der Waals surface area contributed by atoms with Crippen molar-refractivity contribution >= 4 is 33.2 Å². The Balaban J connectivity index is 1.89. The van der Waals surface area contributed by atoms with Crippen molar-refractivity contribution < 1.29 is 22.3 Å². The average Bonchev–Trinajstić information content (AvgIpc) is 3.16. The Labute approximate surface area is 168 Å². The molecule has 0 atom stereocenters. The summed E-state index contributed by atoms with van der Waals surface area (Å²) in [5.74, 6) is -1.20. The summed E-state index contributed by atoms with van der Waals surface area (Å²) in [5.41, 5.74) is -0.0474. The van der Waals surface area contributed by atoms with Crippen molar-refractivity contribution in [2.24, 2.45) is 0 Å². The van der Waals surface area contributed by atoms with Gasteiger partial charge in [-0.1, -0.05) is 24.4 Å². The van der Waals surface area contributed by atoms with E-state index < -0.39 is 21.7 Å². The van der Waals surface area contributed by atoms with Crippen molar-refractivity contribution in [3.8, 4) is 5.75 Å². The highest BCUT2D eigenvalue weighted by molar-refractivity contribution is 7.89. The molecule has 0 unspecified atom stereocenters. The minimum absolute atomic E-state index is 0.0481. The second-order valence-corrected chi connectivity index (χ2v) is 8.67. The van der Waals surface area contributed by atoms with Crippen LogP contribution in [0.15, 0.2) is 41.3 Å². The van der Waals surface area contributed by atoms with E-state index in [4.69, 9.17) is 16.3 Å². The lowest BCUT2D eigenvalue weighted by Crippen LogP contribution is -2.33. The zero-order valence-electron chi connectivity index (χ0n) is 15.2. The smallest absolute Gasteiger partial charge is 0.255 e. The molecular formula is C19H20ClFN2O4S. The number of methoxy groups -OCH3 is 1. The maximum Gasteiger partial charge on any atom is 0.255 e. The Morgan fingerprint density at radius 1 is 1.18 bits per heavy atom. The van der Waals surface area contributed by atoms with E-state index >= 15 is 0 Å². The molecule has 0 radical (unpaired) electrons. The van der Waals surface area contributed by atoms with Crippen LogP contribution >= 0.6 is 11.6 Å². The number of sulfonamides is 1. The molecular weight excluding hydrogens is 407 g/mol. The number of halogens is 2. The number of carbonyl (C=O) groups is 1. The summed E-state index contributed by atoms with van der Waals surface area (Å²) >= 11 is 5.83. The van der Waals surface area contributed by atoms with Crippen LogP contribution in [0.1, 0.15) is 36.0 Å². The maximum atomic E-state index is 13.9. The van der Waals surface area contributed by atoms with Crippen LogP contribution in [-0.4, -0.2) is 27.5 Å². The quantitative estimate of drug-likeness (QED) is 0.732. The minimum Gasteiger partial charge on any atom is -0.495 e. The third kappa shape index (κ3) is 4.63. The zero-order valence-corrected chi connectivity index (χ0v) is 16.7. The van der Waals surface area contributed by atoms with Crippen molar-refractivity contribution in [2.75, 3.05) is 12.4 Å². The fourth-order valence-corrected chi connectivity index (χ4v) is 4.81. The highest BCUT2D eigenvalue weighted by atomic mass is 35.5. The van der Waals surface area contributed by atoms with E-state index in [0.717, 1.165) is 31.7 Å². The predicted molar refractivity (Wildman–Crippen MR) is 105 cm³/mol. The zero-order chi connectivity index (χ0) is 20.3. The lowest BCUT2D eigenvalue weighted by Gasteiger charge is -2.16. The SMILES string of the molecule is COc1ccc(C(=O)Nc2cc(Cl)ccc2F)cc1S(=O)(=O)NC1CCCC1. The molecule has 28 heavy (non-hydrogen) atoms. The number of nitrogens with one attached hydrogen (secondary N) is 2. The van der Waals surface area contributed by atoms with Gasteiger partial charge in [0, 0.05) is 16.6 Å². The highest BCUT2D eigenvalue weighted by Gasteiger charge is 2.26. The van der Waals surface area contributed by atoms with E-state index in [1.807, 2.05) is 0 Å². The Kier molecular flexibility index (Phi) is 6.22. The molecule has 0 bridgehead atoms. The van der Waals surface area contributed by atoms with Gasteiger partial charge in [0.15, 0.2) is 0 Å². The Morgan fingerprint density at radius 2 is 1.89 bits per heavy atom. The second-order valence-electron chi connectivity index (χ2n) is 6.55. The van der Waals surface area contributed by atoms with Gasteiger partial charge in [-0.05, 0) is 49.2 Å². The fraction of sp³-hybridized carbons (Fsp3) is 0.316. The van der Waals surface area contributed by atoms with Crippen LogP contribution in [0.25, 0.3) is 0 Å². The van der Waals surface area contributed by atoms with Gasteiger partial charge in [-0.2, -0.15) is 0 Å². The van der Waals surface area contributed by atoms with Gasteiger partial charge >= 0.3 is 0 Å². The van der Waals surface area contributed by atoms with Crippen LogP contribution < -0.4 is 14.8 Å². The highest BCUT2D eigenvalue weighted by Crippen LogP contribution is 2.28. The van der Waals surface area contributed by atoms with Crippen molar-refractivity contribution in [3.05, 3.63) is 52.8 Å². The number of anilines is 1. The number of hydrogen-bond donors (Lipinski definition) is 2. The second kappa shape index (κ2) is 8.46. The Bertz CT molecular complexity index is 991. The van der Waals surface area contributed by atoms with Crippen LogP contribution in [0.2, 0.25) is 5.02 Å². The lowest BCUT2D eigenvalue weighted by molar-refractivity contribution is 0.102. The number of ether oxygens (including phenoxy) is 1. The number of rotatable bonds is 6. The topological polar surface area (TPSA) is 84.5 Å². The largest absolute Gasteiger partial charge is 0.495 e. The molecule has 0 spiro atoms. The van der Waals surface area contributed by atoms with Crippen LogP contribution in [-0.2, 0) is 10.0 Å². The number of amides is 1. The van der Waals surface area contributed by atoms with Gasteiger partial charge in [-0.25, -0.2) is 17.5 Å². The van der Waals surface area contributed by atoms with Crippen molar-refractivity contribution in [1.82, 2.24) is 4.72 Å². The first-order valence-corrected chi connectivity index (χ1v) is 10.6. The molecule has 9 heteroatoms. The molecule has 0 aromatic heterocycles. The summed E-state index contributed by atoms with van der Waals surface area (Å²) in [6.45, 7) is 0. The summed E-state index contributed by atoms with van der Waals surface area (Å²) < 4.78 is 47.3. The van der Waals surface area contributed by atoms with Crippen molar-refractivity contribution in [3.63, 3.8) is 0 Å². The van der Waals surface area contributed by atoms with Gasteiger partial charge < -0.3 is 10.1 Å². The first-order chi connectivity index (χ1) is 13.3. The summed E-state index contributed by atoms with van der Waals surface area (Å²) in [4.78, 5) is 12.4. The van der Waals surface area contributed by atoms with Gasteiger partial charge in [0.1, 0.15) is 16.5 Å². The summed E-state index contributed by atoms with van der Waals surface area (Å²) in [6.07, 6.45) is 3.49. The van der Waals surface area contributed by atoms with Crippen LogP contribution in [0.5, 0.6) is 5.75 Å². The first kappa shape index (κ1) is 20.6. The van der Waals surface area contributed by atoms with Gasteiger partial charge in [0.25, 0.3) is 5.91 Å². The molecule has 2 aromatic rings. The first-order valence-electron chi connectivity index (χ1n) is 8.77. The molecule has 6 nitrogen and oxygen atoms in total. The summed E-state index contributed by atoms with van der Waals surface area (Å²) in [7, 11) is -2.53. The normalized spacial score (nSPS) is 14.8. The molecule has 1 aliphatic rings. The summed E-state index contributed by atoms with van der Waals surface area (Å²) in [6, 6.07) is 7.66. The average molecular weight is 427 g/mol. The Morgan fingerprint density at radius 3 is 2.57 bits per heavy atom. The van der Waals surface area contributed by atoms with E-state index in [1.54, 1.807) is 0 Å². The van der Waals surface area contributed by atoms with Crippen molar-refractivity contribution in [1.29, 1.82) is 0 Å². The summed E-state index contributed by atoms with van der Waals surface area (Å²) in [5, 5.41) is 2.66. The molecule has 1 aliphatic carbocycles. The van der Waals surface area contributed by atoms with Crippen LogP contribution in [0.3, 0.4) is 0 Å². The molecule has 2 N–H and O–H groups in total. The van der Waals surface area contributed by atoms with Gasteiger partial charge in [-0.15, -0.1) is 0 Å². The predicted octanol–water partition coefficient (Wildman–Crippen LogP) is 3.96. The van der Waals surface area contributed by atoms with Gasteiger partial charge in [0.05, 0.1) is 12.8 Å². The lowest BCUT2D eigenvalue weighted by atomic mass is 10.2. The third-order valence-electron chi connectivity index (χ3n) is 4.57. The molecule has 1 saturated carbocycles. The molecule has 0 saturated heterocycles. The molecule has 150 valence electrons. The molecule has 0 aliphatic heterocycles. The number of carbonyl (C=O) groups excluding carboxylic acids is 1. The van der Waals surface area contributed by atoms with E-state index in [0.29, 0.717) is 0 Å². The maximum absolute atomic E-state index is 13.9. The monoisotopic (exact) mass is 426 g/mol. The molecule has 2 aromatic carbocycles. The van der Waals surface area contributed by atoms with Gasteiger partial charge in [-0.3, -0.25) is 4.79 Å². The van der Waals surface area contributed by atoms with Crippen LogP contribution in [0, 0.1) is 5.82 Å². The van der Waals surface area contributed by atoms with E-state index in [9.17, 15) is 17.6 Å². The standard InChI is InChI=1S/C19H20ClFN2O4S/c1-27-17-9-6-12(19(24)22-16-11-13(20)7-8-15(16)21)10-18(17)28(25,26)23-14-4-2-3-5-14/h6-11,14,23H,2-5H2,1H3,(H,22,24). The molecule has 1 fully saturated rings. The van der Waals surface area contributed by atoms with E-state index in [-0.39, 0.29) is 33.0 Å². The number of benzene rings is 2. The van der Waals surface area contributed by atoms with E-state index in [2.05, 4.69) is 10.0 Å². The molecule has 1 amide bonds. The van der Waals surface area contributed by atoms with Gasteiger partial charge in [0.2, 0.25) is 10.0 Å². The Hall–Kier alpha value is -2.16. The van der Waals surface area contributed by atoms with Crippen LogP contribution in [0.4, 0.5) is 10.1 Å². The van der Waals surface area contributed by atoms with E-state index in [1.165, 1.54) is 37.4 Å². The van der Waals surface area contributed by atoms with Crippen molar-refractivity contribution in [2.45, 2.75) is 36.6 Å². The molecule has 3 rings (SSSR count). The third-order valence-corrected chi connectivity index (χ3v) is 6.35. The fourth-order valence-electron chi connectivity index (χ4n) is 3.14. The molecule has 0 heterocycles. The minimum atomic E-state index is -3.88.